The molecule has 3 rings (SSSR count). The van der Waals surface area contributed by atoms with Crippen LogP contribution in [-0.4, -0.2) is 51.4 Å². The number of amides is 1. The molecule has 0 aliphatic carbocycles. The van der Waals surface area contributed by atoms with Gasteiger partial charge in [0.1, 0.15) is 11.8 Å². The van der Waals surface area contributed by atoms with Crippen LogP contribution in [0.5, 0.6) is 0 Å². The van der Waals surface area contributed by atoms with Gasteiger partial charge in [0.2, 0.25) is 0 Å². The molecule has 1 aliphatic heterocycles. The second-order valence-corrected chi connectivity index (χ2v) is 4.83. The van der Waals surface area contributed by atoms with Gasteiger partial charge in [0.25, 0.3) is 5.91 Å². The topological polar surface area (TPSA) is 88.2 Å². The fourth-order valence-electron chi connectivity index (χ4n) is 2.24. The molecule has 0 atom stereocenters. The molecule has 0 spiro atoms. The number of hydrogen-bond acceptors (Lipinski definition) is 5. The quantitative estimate of drug-likeness (QED) is 0.845. The van der Waals surface area contributed by atoms with Gasteiger partial charge in [-0.3, -0.25) is 9.59 Å². The van der Waals surface area contributed by atoms with Gasteiger partial charge in [0, 0.05) is 12.5 Å². The van der Waals surface area contributed by atoms with Crippen molar-refractivity contribution in [3.63, 3.8) is 0 Å². The van der Waals surface area contributed by atoms with Crippen LogP contribution < -0.4 is 0 Å². The van der Waals surface area contributed by atoms with E-state index in [-0.39, 0.29) is 23.7 Å². The van der Waals surface area contributed by atoms with E-state index >= 15 is 0 Å². The molecule has 1 aromatic heterocycles. The van der Waals surface area contributed by atoms with Gasteiger partial charge in [-0.25, -0.2) is 0 Å². The van der Waals surface area contributed by atoms with Crippen molar-refractivity contribution in [2.24, 2.45) is 0 Å². The summed E-state index contributed by atoms with van der Waals surface area (Å²) in [7, 11) is 0. The van der Waals surface area contributed by atoms with Crippen LogP contribution in [0, 0.1) is 0 Å². The largest absolute Gasteiger partial charge is 0.459 e. The fraction of sp³-hybridized carbons (Fsp3) is 0.286. The number of ether oxygens (including phenoxy) is 1. The van der Waals surface area contributed by atoms with Crippen molar-refractivity contribution in [1.82, 2.24) is 20.3 Å². The van der Waals surface area contributed by atoms with Crippen LogP contribution in [0.15, 0.2) is 30.3 Å². The maximum absolute atomic E-state index is 12.4. The summed E-state index contributed by atoms with van der Waals surface area (Å²) in [5.74, 6) is -0.551. The molecule has 21 heavy (non-hydrogen) atoms. The maximum atomic E-state index is 12.4. The summed E-state index contributed by atoms with van der Waals surface area (Å²) in [6.07, 6.45) is -0.224. The highest BCUT2D eigenvalue weighted by Gasteiger charge is 2.35. The van der Waals surface area contributed by atoms with E-state index in [0.29, 0.717) is 18.8 Å². The van der Waals surface area contributed by atoms with E-state index in [9.17, 15) is 9.59 Å². The second kappa shape index (κ2) is 5.35. The Morgan fingerprint density at radius 3 is 2.62 bits per heavy atom. The van der Waals surface area contributed by atoms with Crippen molar-refractivity contribution in [2.75, 3.05) is 13.1 Å². The molecule has 1 saturated heterocycles. The molecule has 1 aliphatic rings. The van der Waals surface area contributed by atoms with E-state index in [2.05, 4.69) is 15.4 Å². The van der Waals surface area contributed by atoms with E-state index < -0.39 is 0 Å². The van der Waals surface area contributed by atoms with E-state index in [1.807, 2.05) is 30.3 Å². The summed E-state index contributed by atoms with van der Waals surface area (Å²) < 4.78 is 5.02. The van der Waals surface area contributed by atoms with Gasteiger partial charge in [-0.15, -0.1) is 0 Å². The van der Waals surface area contributed by atoms with Gasteiger partial charge >= 0.3 is 5.97 Å². The number of aromatic nitrogens is 3. The minimum absolute atomic E-state index is 0.217. The van der Waals surface area contributed by atoms with Crippen LogP contribution in [-0.2, 0) is 9.53 Å². The van der Waals surface area contributed by atoms with Gasteiger partial charge in [-0.1, -0.05) is 30.3 Å². The van der Waals surface area contributed by atoms with Gasteiger partial charge in [0.05, 0.1) is 13.1 Å². The van der Waals surface area contributed by atoms with Crippen LogP contribution in [0.3, 0.4) is 0 Å². The highest BCUT2D eigenvalue weighted by Crippen LogP contribution is 2.22. The monoisotopic (exact) mass is 286 g/mol. The Morgan fingerprint density at radius 1 is 1.24 bits per heavy atom. The van der Waals surface area contributed by atoms with Crippen molar-refractivity contribution in [2.45, 2.75) is 13.0 Å². The Kier molecular flexibility index (Phi) is 3.39. The Morgan fingerprint density at radius 2 is 1.95 bits per heavy atom. The van der Waals surface area contributed by atoms with Crippen LogP contribution >= 0.6 is 0 Å². The zero-order valence-corrected chi connectivity index (χ0v) is 11.4. The SMILES string of the molecule is CC(=O)OC1CN(C(=O)c2n[nH]nc2-c2ccccc2)C1. The maximum Gasteiger partial charge on any atom is 0.303 e. The third kappa shape index (κ3) is 2.62. The summed E-state index contributed by atoms with van der Waals surface area (Å²) in [5.41, 5.74) is 1.63. The summed E-state index contributed by atoms with van der Waals surface area (Å²) in [4.78, 5) is 24.8. The van der Waals surface area contributed by atoms with Gasteiger partial charge < -0.3 is 9.64 Å². The summed E-state index contributed by atoms with van der Waals surface area (Å²) in [5, 5.41) is 10.5. The number of likely N-dealkylation sites (tertiary alicyclic amines) is 1. The van der Waals surface area contributed by atoms with Crippen molar-refractivity contribution in [1.29, 1.82) is 0 Å². The Balaban J connectivity index is 1.73. The van der Waals surface area contributed by atoms with E-state index in [0.717, 1.165) is 5.56 Å². The second-order valence-electron chi connectivity index (χ2n) is 4.83. The standard InChI is InChI=1S/C14H14N4O3/c1-9(19)21-11-7-18(8-11)14(20)13-12(15-17-16-13)10-5-3-2-4-6-10/h2-6,11H,7-8H2,1H3,(H,15,16,17). The normalized spacial score (nSPS) is 14.6. The number of nitrogens with one attached hydrogen (secondary N) is 1. The number of H-pyrrole nitrogens is 1. The Labute approximate surface area is 120 Å². The van der Waals surface area contributed by atoms with Gasteiger partial charge in [-0.2, -0.15) is 15.4 Å². The first kappa shape index (κ1) is 13.3. The van der Waals surface area contributed by atoms with Crippen LogP contribution in [0.25, 0.3) is 11.3 Å². The molecule has 0 saturated carbocycles. The van der Waals surface area contributed by atoms with Crippen molar-refractivity contribution in [3.05, 3.63) is 36.0 Å². The lowest BCUT2D eigenvalue weighted by atomic mass is 10.1. The molecule has 0 bridgehead atoms. The fourth-order valence-corrected chi connectivity index (χ4v) is 2.24. The molecule has 7 nitrogen and oxygen atoms in total. The number of carbonyl (C=O) groups excluding carboxylic acids is 2. The number of hydrogen-bond donors (Lipinski definition) is 1. The minimum Gasteiger partial charge on any atom is -0.459 e. The molecule has 1 aromatic carbocycles. The lowest BCUT2D eigenvalue weighted by molar-refractivity contribution is -0.152. The molecule has 108 valence electrons. The molecule has 1 N–H and O–H groups in total. The molecule has 1 amide bonds. The zero-order valence-electron chi connectivity index (χ0n) is 11.4. The molecule has 1 fully saturated rings. The first-order chi connectivity index (χ1) is 10.1. The number of nitrogens with zero attached hydrogens (tertiary/aromatic N) is 3. The van der Waals surface area contributed by atoms with Crippen molar-refractivity contribution >= 4 is 11.9 Å². The molecule has 0 unspecified atom stereocenters. The minimum atomic E-state index is -0.335. The number of aromatic amines is 1. The molecule has 7 heteroatoms. The highest BCUT2D eigenvalue weighted by molar-refractivity contribution is 5.98. The summed E-state index contributed by atoms with van der Waals surface area (Å²) in [6, 6.07) is 9.38. The average molecular weight is 286 g/mol. The molecular formula is C14H14N4O3. The first-order valence-electron chi connectivity index (χ1n) is 6.58. The zero-order chi connectivity index (χ0) is 14.8. The molecule has 2 heterocycles. The van der Waals surface area contributed by atoms with Crippen LogP contribution in [0.1, 0.15) is 17.4 Å². The van der Waals surface area contributed by atoms with Gasteiger partial charge in [0.15, 0.2) is 5.69 Å². The number of carbonyl (C=O) groups is 2. The number of benzene rings is 1. The summed E-state index contributed by atoms with van der Waals surface area (Å²) >= 11 is 0. The predicted molar refractivity (Wildman–Crippen MR) is 73.3 cm³/mol. The van der Waals surface area contributed by atoms with Crippen LogP contribution in [0.2, 0.25) is 0 Å². The Hall–Kier alpha value is -2.70. The van der Waals surface area contributed by atoms with Crippen LogP contribution in [0.4, 0.5) is 0 Å². The highest BCUT2D eigenvalue weighted by atomic mass is 16.5. The third-order valence-electron chi connectivity index (χ3n) is 3.27. The molecule has 0 radical (unpaired) electrons. The van der Waals surface area contributed by atoms with E-state index in [4.69, 9.17) is 4.74 Å². The smallest absolute Gasteiger partial charge is 0.303 e. The third-order valence-corrected chi connectivity index (χ3v) is 3.27. The van der Waals surface area contributed by atoms with E-state index in [1.165, 1.54) is 6.92 Å². The van der Waals surface area contributed by atoms with Gasteiger partial charge in [-0.05, 0) is 0 Å². The number of esters is 1. The number of rotatable bonds is 3. The van der Waals surface area contributed by atoms with Crippen molar-refractivity contribution < 1.29 is 14.3 Å². The molecular weight excluding hydrogens is 272 g/mol. The van der Waals surface area contributed by atoms with Crippen molar-refractivity contribution in [3.8, 4) is 11.3 Å². The van der Waals surface area contributed by atoms with E-state index in [1.54, 1.807) is 4.90 Å². The lowest BCUT2D eigenvalue weighted by Crippen LogP contribution is -2.55. The Bertz CT molecular complexity index is 662. The lowest BCUT2D eigenvalue weighted by Gasteiger charge is -2.37. The predicted octanol–water partition coefficient (Wildman–Crippen LogP) is 0.859. The molecule has 2 aromatic rings. The first-order valence-corrected chi connectivity index (χ1v) is 6.58. The average Bonchev–Trinajstić information content (AvgIpc) is 2.92. The summed E-state index contributed by atoms with van der Waals surface area (Å²) in [6.45, 7) is 2.13.